The van der Waals surface area contributed by atoms with Crippen LogP contribution in [0.25, 0.3) is 6.08 Å². The molecule has 0 saturated carbocycles. The van der Waals surface area contributed by atoms with E-state index in [1.807, 2.05) is 12.1 Å². The van der Waals surface area contributed by atoms with Crippen LogP contribution >= 0.6 is 15.9 Å². The Morgan fingerprint density at radius 2 is 1.92 bits per heavy atom. The van der Waals surface area contributed by atoms with Gasteiger partial charge in [0.1, 0.15) is 5.75 Å². The summed E-state index contributed by atoms with van der Waals surface area (Å²) >= 11 is 3.46. The van der Waals surface area contributed by atoms with Gasteiger partial charge in [-0.15, -0.1) is 0 Å². The highest BCUT2D eigenvalue weighted by atomic mass is 79.9. The van der Waals surface area contributed by atoms with Crippen molar-refractivity contribution >= 4 is 39.8 Å². The molecule has 3 aliphatic rings. The topological polar surface area (TPSA) is 104 Å². The van der Waals surface area contributed by atoms with Gasteiger partial charge in [0.15, 0.2) is 0 Å². The van der Waals surface area contributed by atoms with E-state index in [1.54, 1.807) is 12.1 Å². The molecule has 1 aromatic rings. The minimum absolute atomic E-state index is 0.0666. The van der Waals surface area contributed by atoms with Crippen molar-refractivity contribution < 1.29 is 29.3 Å². The molecule has 38 heavy (non-hydrogen) atoms. The molecule has 4 atom stereocenters. The number of halogens is 1. The van der Waals surface area contributed by atoms with Crippen molar-refractivity contribution in [3.8, 4) is 5.75 Å². The van der Waals surface area contributed by atoms with Gasteiger partial charge in [-0.1, -0.05) is 53.4 Å². The molecule has 1 aromatic carbocycles. The number of carbonyl (C=O) groups is 3. The summed E-state index contributed by atoms with van der Waals surface area (Å²) in [5.74, 6) is -1.24. The lowest BCUT2D eigenvalue weighted by atomic mass is 9.67. The number of fused-ring (bicyclic) bond motifs is 3. The number of imide groups is 1. The standard InChI is InChI=1S/C30H38BrNO6/c1-17(2)21-15-22-28(30(37)32(29(22)36)12-6-4-5-7-26(34)35)23-16-38-25(27(21)23)11-8-18(3)13-19-14-20(31)9-10-24(19)33/h9-10,13-14,17,22-23,25,28,33H,4-8,11-12,15-16H2,1-3H3,(H,34,35)/b18-13+/t22-,23+,25-,28-/m1/s1. The number of hydrogen-bond acceptors (Lipinski definition) is 5. The Labute approximate surface area is 233 Å². The number of hydrogen-bond donors (Lipinski definition) is 2. The second kappa shape index (κ2) is 12.2. The van der Waals surface area contributed by atoms with E-state index in [1.165, 1.54) is 16.0 Å². The molecular formula is C30H38BrNO6. The number of allylic oxidation sites excluding steroid dienone is 2. The van der Waals surface area contributed by atoms with Gasteiger partial charge in [0.05, 0.1) is 24.5 Å². The first-order valence-corrected chi connectivity index (χ1v) is 14.4. The van der Waals surface area contributed by atoms with E-state index in [0.717, 1.165) is 28.5 Å². The average Bonchev–Trinajstić information content (AvgIpc) is 3.38. The molecular weight excluding hydrogens is 550 g/mol. The number of phenolic OH excluding ortho intramolecular Hbond substituents is 1. The zero-order valence-electron chi connectivity index (χ0n) is 22.4. The first-order chi connectivity index (χ1) is 18.1. The third kappa shape index (κ3) is 6.07. The molecule has 2 saturated heterocycles. The largest absolute Gasteiger partial charge is 0.507 e. The van der Waals surface area contributed by atoms with Gasteiger partial charge < -0.3 is 14.9 Å². The molecule has 1 aliphatic carbocycles. The highest BCUT2D eigenvalue weighted by molar-refractivity contribution is 9.10. The smallest absolute Gasteiger partial charge is 0.303 e. The number of carbonyl (C=O) groups excluding carboxylic acids is 2. The van der Waals surface area contributed by atoms with E-state index in [-0.39, 0.29) is 53.8 Å². The second-order valence-electron chi connectivity index (χ2n) is 11.2. The number of unbranched alkanes of at least 4 members (excludes halogenated alkanes) is 2. The summed E-state index contributed by atoms with van der Waals surface area (Å²) in [4.78, 5) is 39.0. The number of aliphatic carboxylic acids is 1. The van der Waals surface area contributed by atoms with Crippen molar-refractivity contribution in [2.24, 2.45) is 23.7 Å². The molecule has 0 spiro atoms. The lowest BCUT2D eigenvalue weighted by Crippen LogP contribution is -2.35. The van der Waals surface area contributed by atoms with Crippen LogP contribution in [0.4, 0.5) is 0 Å². The van der Waals surface area contributed by atoms with Gasteiger partial charge >= 0.3 is 5.97 Å². The van der Waals surface area contributed by atoms with Gasteiger partial charge in [-0.05, 0) is 68.7 Å². The van der Waals surface area contributed by atoms with Gasteiger partial charge in [0.2, 0.25) is 11.8 Å². The molecule has 2 amide bonds. The number of nitrogens with zero attached hydrogens (tertiary/aromatic N) is 1. The average molecular weight is 589 g/mol. The molecule has 2 fully saturated rings. The number of phenols is 1. The van der Waals surface area contributed by atoms with E-state index in [0.29, 0.717) is 38.8 Å². The molecule has 2 aliphatic heterocycles. The van der Waals surface area contributed by atoms with Crippen LogP contribution in [0.1, 0.15) is 71.3 Å². The molecule has 0 bridgehead atoms. The third-order valence-corrected chi connectivity index (χ3v) is 8.69. The van der Waals surface area contributed by atoms with E-state index >= 15 is 0 Å². The Morgan fingerprint density at radius 3 is 2.63 bits per heavy atom. The van der Waals surface area contributed by atoms with E-state index in [4.69, 9.17) is 9.84 Å². The summed E-state index contributed by atoms with van der Waals surface area (Å²) in [6.45, 7) is 7.17. The van der Waals surface area contributed by atoms with E-state index < -0.39 is 5.97 Å². The fourth-order valence-electron chi connectivity index (χ4n) is 6.30. The fraction of sp³-hybridized carbons (Fsp3) is 0.567. The summed E-state index contributed by atoms with van der Waals surface area (Å²) in [5.41, 5.74) is 4.38. The van der Waals surface area contributed by atoms with Crippen LogP contribution in [-0.4, -0.2) is 52.2 Å². The Balaban J connectivity index is 1.46. The van der Waals surface area contributed by atoms with Crippen LogP contribution in [0.5, 0.6) is 5.75 Å². The number of rotatable bonds is 11. The molecule has 2 N–H and O–H groups in total. The van der Waals surface area contributed by atoms with Crippen molar-refractivity contribution in [1.29, 1.82) is 0 Å². The zero-order chi connectivity index (χ0) is 27.6. The number of carboxylic acids is 1. The summed E-state index contributed by atoms with van der Waals surface area (Å²) < 4.78 is 7.21. The predicted molar refractivity (Wildman–Crippen MR) is 148 cm³/mol. The summed E-state index contributed by atoms with van der Waals surface area (Å²) in [7, 11) is 0. The Hall–Kier alpha value is -2.45. The highest BCUT2D eigenvalue weighted by Crippen LogP contribution is 2.51. The van der Waals surface area contributed by atoms with E-state index in [9.17, 15) is 19.5 Å². The zero-order valence-corrected chi connectivity index (χ0v) is 24.0. The lowest BCUT2D eigenvalue weighted by Gasteiger charge is -2.33. The minimum Gasteiger partial charge on any atom is -0.507 e. The number of likely N-dealkylation sites (tertiary alicyclic amines) is 1. The molecule has 0 radical (unpaired) electrons. The molecule has 0 unspecified atom stereocenters. The predicted octanol–water partition coefficient (Wildman–Crippen LogP) is 5.96. The van der Waals surface area contributed by atoms with Crippen LogP contribution < -0.4 is 0 Å². The number of aromatic hydroxyl groups is 1. The number of ether oxygens (including phenoxy) is 1. The highest BCUT2D eigenvalue weighted by Gasteiger charge is 2.56. The van der Waals surface area contributed by atoms with Crippen LogP contribution in [0, 0.1) is 23.7 Å². The third-order valence-electron chi connectivity index (χ3n) is 8.20. The normalized spacial score (nSPS) is 25.4. The van der Waals surface area contributed by atoms with Crippen molar-refractivity contribution in [3.05, 3.63) is 45.0 Å². The fourth-order valence-corrected chi connectivity index (χ4v) is 6.68. The Morgan fingerprint density at radius 1 is 1.16 bits per heavy atom. The number of carboxylic acid groups (broad SMARTS) is 1. The molecule has 2 heterocycles. The maximum absolute atomic E-state index is 13.5. The van der Waals surface area contributed by atoms with Crippen LogP contribution in [-0.2, 0) is 19.1 Å². The van der Waals surface area contributed by atoms with Crippen molar-refractivity contribution in [1.82, 2.24) is 4.90 Å². The van der Waals surface area contributed by atoms with Gasteiger partial charge in [0, 0.05) is 28.9 Å². The molecule has 0 aromatic heterocycles. The summed E-state index contributed by atoms with van der Waals surface area (Å²) in [5, 5.41) is 19.0. The first-order valence-electron chi connectivity index (χ1n) is 13.7. The summed E-state index contributed by atoms with van der Waals surface area (Å²) in [6, 6.07) is 5.37. The van der Waals surface area contributed by atoms with Gasteiger partial charge in [-0.3, -0.25) is 19.3 Å². The number of amides is 2. The lowest BCUT2D eigenvalue weighted by molar-refractivity contribution is -0.141. The van der Waals surface area contributed by atoms with Crippen molar-refractivity contribution in [2.75, 3.05) is 13.2 Å². The van der Waals surface area contributed by atoms with Gasteiger partial charge in [-0.25, -0.2) is 0 Å². The SMILES string of the molecule is C/C(=C\c1cc(Br)ccc1O)CC[C@H]1OC[C@H]2C1=C(C(C)C)C[C@H]1C(=O)N(CCCCCC(=O)O)C(=O)[C@H]12. The summed E-state index contributed by atoms with van der Waals surface area (Å²) in [6.07, 6.45) is 6.07. The van der Waals surface area contributed by atoms with Crippen LogP contribution in [0.15, 0.2) is 39.4 Å². The maximum Gasteiger partial charge on any atom is 0.303 e. The van der Waals surface area contributed by atoms with Gasteiger partial charge in [-0.2, -0.15) is 0 Å². The first kappa shape index (κ1) is 28.6. The van der Waals surface area contributed by atoms with Gasteiger partial charge in [0.25, 0.3) is 0 Å². The number of benzene rings is 1. The van der Waals surface area contributed by atoms with Crippen molar-refractivity contribution in [2.45, 2.75) is 71.8 Å². The maximum atomic E-state index is 13.5. The molecule has 7 nitrogen and oxygen atoms in total. The Bertz CT molecular complexity index is 1160. The Kier molecular flexibility index (Phi) is 9.14. The molecule has 8 heteroatoms. The monoisotopic (exact) mass is 587 g/mol. The minimum atomic E-state index is -0.822. The van der Waals surface area contributed by atoms with Crippen LogP contribution in [0.3, 0.4) is 0 Å². The molecule has 206 valence electrons. The quantitative estimate of drug-likeness (QED) is 0.188. The van der Waals surface area contributed by atoms with Crippen molar-refractivity contribution in [3.63, 3.8) is 0 Å². The van der Waals surface area contributed by atoms with E-state index in [2.05, 4.69) is 36.7 Å². The second-order valence-corrected chi connectivity index (χ2v) is 12.1. The van der Waals surface area contributed by atoms with Crippen LogP contribution in [0.2, 0.25) is 0 Å². The molecule has 4 rings (SSSR count).